The van der Waals surface area contributed by atoms with Crippen LogP contribution in [0.5, 0.6) is 0 Å². The molecule has 0 fully saturated rings. The van der Waals surface area contributed by atoms with Gasteiger partial charge in [0.05, 0.1) is 0 Å². The van der Waals surface area contributed by atoms with Gasteiger partial charge in [0.25, 0.3) is 5.91 Å². The lowest BCUT2D eigenvalue weighted by molar-refractivity contribution is -0.456. The van der Waals surface area contributed by atoms with Crippen LogP contribution in [-0.4, -0.2) is 63.7 Å². The van der Waals surface area contributed by atoms with Crippen molar-refractivity contribution in [1.82, 2.24) is 10.3 Å². The summed E-state index contributed by atoms with van der Waals surface area (Å²) in [7, 11) is 0. The molecule has 1 heterocycles. The first kappa shape index (κ1) is 33.7. The zero-order chi connectivity index (χ0) is 30.6. The zero-order valence-electron chi connectivity index (χ0n) is 17.1. The van der Waals surface area contributed by atoms with Crippen molar-refractivity contribution in [3.63, 3.8) is 0 Å². The molecule has 1 aromatic heterocycles. The maximum Gasteiger partial charge on any atom is 0.393 e. The lowest BCUT2D eigenvalue weighted by Crippen LogP contribution is -2.76. The molecule has 0 radical (unpaired) electrons. The number of hydrogen-bond donors (Lipinski definition) is 1. The molecule has 0 atom stereocenters. The van der Waals surface area contributed by atoms with Crippen LogP contribution in [0.2, 0.25) is 0 Å². The van der Waals surface area contributed by atoms with Crippen LogP contribution in [-0.2, 0) is 11.3 Å². The summed E-state index contributed by atoms with van der Waals surface area (Å²) >= 11 is 3.37. The zero-order valence-corrected chi connectivity index (χ0v) is 17.8. The van der Waals surface area contributed by atoms with E-state index in [-0.39, 0.29) is 5.56 Å². The Labute approximate surface area is 202 Å². The number of rotatable bonds is 11. The molecule has 0 saturated heterocycles. The first-order chi connectivity index (χ1) is 16.5. The van der Waals surface area contributed by atoms with Gasteiger partial charge in [-0.1, -0.05) is 6.07 Å². The number of nitrogens with zero attached hydrogens (tertiary/aromatic N) is 1. The molecular formula is C16H7ClF18N2O. The van der Waals surface area contributed by atoms with Crippen molar-refractivity contribution in [3.8, 4) is 0 Å². The van der Waals surface area contributed by atoms with Gasteiger partial charge < -0.3 is 5.32 Å². The fourth-order valence-corrected chi connectivity index (χ4v) is 2.42. The molecular weight excluding hydrogens is 614 g/mol. The van der Waals surface area contributed by atoms with Crippen molar-refractivity contribution in [2.45, 2.75) is 59.3 Å². The number of amides is 1. The van der Waals surface area contributed by atoms with Crippen molar-refractivity contribution >= 4 is 17.5 Å². The van der Waals surface area contributed by atoms with Crippen LogP contribution in [0.3, 0.4) is 0 Å². The molecule has 38 heavy (non-hydrogen) atoms. The van der Waals surface area contributed by atoms with E-state index >= 15 is 0 Å². The van der Waals surface area contributed by atoms with Crippen molar-refractivity contribution in [1.29, 1.82) is 0 Å². The molecule has 3 nitrogen and oxygen atoms in total. The molecule has 0 aliphatic heterocycles. The van der Waals surface area contributed by atoms with E-state index in [4.69, 9.17) is 0 Å². The third kappa shape index (κ3) is 4.56. The van der Waals surface area contributed by atoms with Gasteiger partial charge in [-0.2, -0.15) is 79.0 Å². The van der Waals surface area contributed by atoms with E-state index in [1.807, 2.05) is 0 Å². The fraction of sp³-hybridized carbons (Fsp3) is 0.625. The fourth-order valence-electron chi connectivity index (χ4n) is 2.30. The predicted octanol–water partition coefficient (Wildman–Crippen LogP) is 6.61. The van der Waals surface area contributed by atoms with Crippen molar-refractivity contribution in [2.24, 2.45) is 0 Å². The molecule has 1 N–H and O–H groups in total. The van der Waals surface area contributed by atoms with E-state index in [1.165, 1.54) is 0 Å². The van der Waals surface area contributed by atoms with Crippen LogP contribution in [0, 0.1) is 0 Å². The second-order valence-corrected chi connectivity index (χ2v) is 7.61. The maximum atomic E-state index is 13.8. The molecule has 0 saturated carbocycles. The maximum absolute atomic E-state index is 13.8. The molecule has 0 bridgehead atoms. The van der Waals surface area contributed by atoms with Gasteiger partial charge in [-0.15, -0.1) is 0 Å². The summed E-state index contributed by atoms with van der Waals surface area (Å²) in [6.45, 7) is -1.29. The first-order valence-electron chi connectivity index (χ1n) is 8.76. The van der Waals surface area contributed by atoms with Gasteiger partial charge in [0.15, 0.2) is 0 Å². The Hall–Kier alpha value is -2.35. The van der Waals surface area contributed by atoms with E-state index in [0.29, 0.717) is 0 Å². The normalized spacial score (nSPS) is 15.4. The van der Waals surface area contributed by atoms with E-state index in [2.05, 4.69) is 16.6 Å². The Balaban J connectivity index is 3.55. The molecule has 1 aromatic rings. The number of alkyl halides is 19. The molecule has 1 rings (SSSR count). The second kappa shape index (κ2) is 9.39. The predicted molar refractivity (Wildman–Crippen MR) is 86.5 cm³/mol. The number of carbonyl (C=O) groups excluding carboxylic acids is 1. The highest BCUT2D eigenvalue weighted by atomic mass is 35.5. The monoisotopic (exact) mass is 620 g/mol. The number of pyridine rings is 1. The average Bonchev–Trinajstić information content (AvgIpc) is 2.76. The molecule has 0 aliphatic carbocycles. The van der Waals surface area contributed by atoms with Gasteiger partial charge in [-0.25, -0.2) is 0 Å². The topological polar surface area (TPSA) is 42.0 Å². The SMILES string of the molecule is O=C(NCc1cccnc1)C(F)(F)C(F)(F)C(F)(F)C(F)(F)C(F)(F)C(F)(F)C(F)(F)C(F)(F)C(F)(F)Cl. The van der Waals surface area contributed by atoms with Crippen LogP contribution in [0.25, 0.3) is 0 Å². The second-order valence-electron chi connectivity index (χ2n) is 7.14. The van der Waals surface area contributed by atoms with E-state index in [9.17, 15) is 83.8 Å². The van der Waals surface area contributed by atoms with E-state index in [0.717, 1.165) is 29.8 Å². The summed E-state index contributed by atoms with van der Waals surface area (Å²) in [5.74, 6) is -70.7. The Morgan fingerprint density at radius 3 is 1.37 bits per heavy atom. The van der Waals surface area contributed by atoms with Gasteiger partial charge in [-0.3, -0.25) is 9.78 Å². The lowest BCUT2D eigenvalue weighted by Gasteiger charge is -2.43. The minimum absolute atomic E-state index is 0.345. The molecule has 1 amide bonds. The van der Waals surface area contributed by atoms with Gasteiger partial charge in [-0.05, 0) is 23.2 Å². The summed E-state index contributed by atoms with van der Waals surface area (Å²) in [6.07, 6.45) is 1.77. The van der Waals surface area contributed by atoms with Gasteiger partial charge in [0.2, 0.25) is 0 Å². The quantitative estimate of drug-likeness (QED) is 0.224. The van der Waals surface area contributed by atoms with Crippen molar-refractivity contribution in [3.05, 3.63) is 30.1 Å². The van der Waals surface area contributed by atoms with Crippen LogP contribution in [0.1, 0.15) is 5.56 Å². The standard InChI is InChI=1S/C16H7ClF18N2O/c17-16(34,35)15(32,33)14(30,31)13(28,29)12(26,27)11(24,25)10(22,23)9(20,21)8(18,19)7(38)37-5-6-2-1-3-36-4-6/h1-4H,5H2,(H,37,38). The average molecular weight is 621 g/mol. The van der Waals surface area contributed by atoms with Gasteiger partial charge in [0, 0.05) is 18.9 Å². The van der Waals surface area contributed by atoms with E-state index in [1.54, 1.807) is 0 Å². The molecule has 0 aromatic carbocycles. The summed E-state index contributed by atoms with van der Waals surface area (Å²) in [6, 6.07) is 1.96. The lowest BCUT2D eigenvalue weighted by atomic mass is 9.87. The first-order valence-corrected chi connectivity index (χ1v) is 9.14. The number of aromatic nitrogens is 1. The van der Waals surface area contributed by atoms with E-state index < -0.39 is 65.2 Å². The number of halogens is 19. The highest BCUT2D eigenvalue weighted by Gasteiger charge is 2.96. The Kier molecular flexibility index (Phi) is 8.32. The largest absolute Gasteiger partial charge is 0.393 e. The van der Waals surface area contributed by atoms with Crippen LogP contribution in [0.15, 0.2) is 24.5 Å². The van der Waals surface area contributed by atoms with Crippen LogP contribution in [0.4, 0.5) is 79.0 Å². The summed E-state index contributed by atoms with van der Waals surface area (Å²) < 4.78 is 242. The number of nitrogens with one attached hydrogen (secondary N) is 1. The highest BCUT2D eigenvalue weighted by molar-refractivity contribution is 6.22. The van der Waals surface area contributed by atoms with Crippen LogP contribution < -0.4 is 5.32 Å². The van der Waals surface area contributed by atoms with Gasteiger partial charge >= 0.3 is 52.8 Å². The molecule has 0 unspecified atom stereocenters. The molecule has 0 spiro atoms. The highest BCUT2D eigenvalue weighted by Crippen LogP contribution is 2.65. The molecule has 220 valence electrons. The molecule has 0 aliphatic rings. The Bertz CT molecular complexity index is 1010. The third-order valence-electron chi connectivity index (χ3n) is 4.58. The minimum Gasteiger partial charge on any atom is -0.347 e. The van der Waals surface area contributed by atoms with Crippen LogP contribution >= 0.6 is 11.6 Å². The number of carbonyl (C=O) groups is 1. The van der Waals surface area contributed by atoms with Gasteiger partial charge in [0.1, 0.15) is 0 Å². The minimum atomic E-state index is -8.93. The van der Waals surface area contributed by atoms with Crippen molar-refractivity contribution < 1.29 is 83.8 Å². The summed E-state index contributed by atoms with van der Waals surface area (Å²) in [5.41, 5.74) is -0.345. The Morgan fingerprint density at radius 1 is 0.658 bits per heavy atom. The summed E-state index contributed by atoms with van der Waals surface area (Å²) in [4.78, 5) is 14.6. The summed E-state index contributed by atoms with van der Waals surface area (Å²) in [5, 5.41) is -6.22. The molecule has 22 heteroatoms. The Morgan fingerprint density at radius 2 is 1.03 bits per heavy atom. The third-order valence-corrected chi connectivity index (χ3v) is 4.81. The number of hydrogen-bond acceptors (Lipinski definition) is 2. The van der Waals surface area contributed by atoms with Crippen molar-refractivity contribution in [2.75, 3.05) is 0 Å². The smallest absolute Gasteiger partial charge is 0.347 e.